The van der Waals surface area contributed by atoms with Gasteiger partial charge in [-0.05, 0) is 46.6 Å². The Kier molecular flexibility index (Phi) is 7.43. The van der Waals surface area contributed by atoms with Gasteiger partial charge in [0, 0.05) is 12.3 Å². The summed E-state index contributed by atoms with van der Waals surface area (Å²) in [6.45, 7) is -0.535. The van der Waals surface area contributed by atoms with Crippen molar-refractivity contribution in [3.63, 3.8) is 0 Å². The number of carbonyl (C=O) groups excluding carboxylic acids is 2. The molecule has 2 aliphatic rings. The standard InChI is InChI=1S/C25H28N2O6S/c28-14-21(23(30)31)26-22(29)13-25(9-11-34-12-10-25)27-24(32)33-15-20-18-7-3-1-5-16(18)17-6-2-4-8-19(17)20/h1-8,20-21,28H,9-15H2,(H,26,29)(H,27,32)(H,30,31)/t21-/m0/s1. The molecule has 2 aromatic rings. The van der Waals surface area contributed by atoms with Gasteiger partial charge in [-0.25, -0.2) is 9.59 Å². The van der Waals surface area contributed by atoms with Crippen LogP contribution in [0.2, 0.25) is 0 Å². The van der Waals surface area contributed by atoms with Gasteiger partial charge in [0.1, 0.15) is 12.6 Å². The van der Waals surface area contributed by atoms with Crippen molar-refractivity contribution in [2.45, 2.75) is 36.8 Å². The van der Waals surface area contributed by atoms with Crippen LogP contribution in [0.4, 0.5) is 4.79 Å². The predicted octanol–water partition coefficient (Wildman–Crippen LogP) is 2.74. The van der Waals surface area contributed by atoms with Crippen LogP contribution < -0.4 is 10.6 Å². The van der Waals surface area contributed by atoms with Crippen molar-refractivity contribution in [2.24, 2.45) is 0 Å². The Bertz CT molecular complexity index is 1020. The summed E-state index contributed by atoms with van der Waals surface area (Å²) in [6.07, 6.45) is 0.443. The number of rotatable bonds is 8. The van der Waals surface area contributed by atoms with E-state index >= 15 is 0 Å². The molecule has 34 heavy (non-hydrogen) atoms. The first kappa shape index (κ1) is 24.1. The first-order chi connectivity index (χ1) is 16.4. The summed E-state index contributed by atoms with van der Waals surface area (Å²) >= 11 is 1.74. The number of carbonyl (C=O) groups is 3. The SMILES string of the molecule is O=C(CC1(NC(=O)OCC2c3ccccc3-c3ccccc32)CCSCC1)N[C@@H](CO)C(=O)O. The number of aliphatic carboxylic acids is 1. The van der Waals surface area contributed by atoms with Crippen LogP contribution in [0.3, 0.4) is 0 Å². The highest BCUT2D eigenvalue weighted by atomic mass is 32.2. The average Bonchev–Trinajstić information content (AvgIpc) is 3.15. The Morgan fingerprint density at radius 1 is 1.03 bits per heavy atom. The molecule has 0 aromatic heterocycles. The molecule has 4 N–H and O–H groups in total. The van der Waals surface area contributed by atoms with E-state index in [4.69, 9.17) is 9.84 Å². The maximum atomic E-state index is 12.9. The lowest BCUT2D eigenvalue weighted by atomic mass is 9.88. The van der Waals surface area contributed by atoms with Crippen LogP contribution in [0.5, 0.6) is 0 Å². The molecule has 1 aliphatic carbocycles. The van der Waals surface area contributed by atoms with Crippen LogP contribution in [-0.4, -0.2) is 64.5 Å². The van der Waals surface area contributed by atoms with Crippen molar-refractivity contribution in [3.8, 4) is 11.1 Å². The van der Waals surface area contributed by atoms with E-state index in [1.165, 1.54) is 0 Å². The molecule has 8 nitrogen and oxygen atoms in total. The van der Waals surface area contributed by atoms with Gasteiger partial charge < -0.3 is 25.6 Å². The largest absolute Gasteiger partial charge is 0.480 e. The fourth-order valence-corrected chi connectivity index (χ4v) is 5.97. The van der Waals surface area contributed by atoms with E-state index in [1.807, 2.05) is 36.4 Å². The lowest BCUT2D eigenvalue weighted by Crippen LogP contribution is -2.55. The molecule has 180 valence electrons. The van der Waals surface area contributed by atoms with E-state index in [0.29, 0.717) is 12.8 Å². The molecule has 0 unspecified atom stereocenters. The maximum absolute atomic E-state index is 12.9. The van der Waals surface area contributed by atoms with Gasteiger partial charge in [0.05, 0.1) is 12.1 Å². The number of ether oxygens (including phenoxy) is 1. The number of carboxylic acids is 1. The van der Waals surface area contributed by atoms with Gasteiger partial charge in [-0.3, -0.25) is 4.79 Å². The van der Waals surface area contributed by atoms with Crippen LogP contribution in [0.25, 0.3) is 11.1 Å². The summed E-state index contributed by atoms with van der Waals surface area (Å²) in [5.74, 6) is -0.389. The smallest absolute Gasteiger partial charge is 0.407 e. The number of benzene rings is 2. The first-order valence-electron chi connectivity index (χ1n) is 11.3. The number of fused-ring (bicyclic) bond motifs is 3. The van der Waals surface area contributed by atoms with E-state index in [-0.39, 0.29) is 18.9 Å². The predicted molar refractivity (Wildman–Crippen MR) is 129 cm³/mol. The average molecular weight is 485 g/mol. The minimum atomic E-state index is -1.38. The molecule has 1 atom stereocenters. The Morgan fingerprint density at radius 3 is 2.18 bits per heavy atom. The number of hydrogen-bond acceptors (Lipinski definition) is 6. The second-order valence-electron chi connectivity index (χ2n) is 8.66. The Hall–Kier alpha value is -3.04. The lowest BCUT2D eigenvalue weighted by molar-refractivity contribution is -0.143. The molecule has 2 aromatic carbocycles. The van der Waals surface area contributed by atoms with Gasteiger partial charge in [-0.1, -0.05) is 48.5 Å². The Morgan fingerprint density at radius 2 is 1.62 bits per heavy atom. The van der Waals surface area contributed by atoms with Crippen LogP contribution in [-0.2, 0) is 14.3 Å². The highest BCUT2D eigenvalue weighted by Crippen LogP contribution is 2.44. The summed E-state index contributed by atoms with van der Waals surface area (Å²) in [7, 11) is 0. The highest BCUT2D eigenvalue weighted by molar-refractivity contribution is 7.99. The van der Waals surface area contributed by atoms with Gasteiger partial charge in [0.2, 0.25) is 5.91 Å². The first-order valence-corrected chi connectivity index (χ1v) is 12.4. The molecule has 1 aliphatic heterocycles. The summed E-state index contributed by atoms with van der Waals surface area (Å²) < 4.78 is 5.67. The van der Waals surface area contributed by atoms with Crippen molar-refractivity contribution >= 4 is 29.7 Å². The number of hydrogen-bond donors (Lipinski definition) is 4. The molecule has 9 heteroatoms. The van der Waals surface area contributed by atoms with Crippen LogP contribution in [0.1, 0.15) is 36.3 Å². The summed E-state index contributed by atoms with van der Waals surface area (Å²) in [5.41, 5.74) is 3.69. The molecule has 0 saturated carbocycles. The highest BCUT2D eigenvalue weighted by Gasteiger charge is 2.38. The third-order valence-electron chi connectivity index (χ3n) is 6.48. The second kappa shape index (κ2) is 10.5. The van der Waals surface area contributed by atoms with E-state index in [1.54, 1.807) is 11.8 Å². The fourth-order valence-electron chi connectivity index (χ4n) is 4.70. The normalized spacial score (nSPS) is 17.2. The van der Waals surface area contributed by atoms with E-state index < -0.39 is 36.2 Å². The molecule has 1 heterocycles. The van der Waals surface area contributed by atoms with E-state index in [2.05, 4.69) is 22.8 Å². The molecule has 0 spiro atoms. The zero-order valence-electron chi connectivity index (χ0n) is 18.7. The van der Waals surface area contributed by atoms with Crippen LogP contribution in [0, 0.1) is 0 Å². The van der Waals surface area contributed by atoms with E-state index in [9.17, 15) is 19.5 Å². The van der Waals surface area contributed by atoms with Crippen molar-refractivity contribution < 1.29 is 29.3 Å². The summed E-state index contributed by atoms with van der Waals surface area (Å²) in [4.78, 5) is 36.5. The van der Waals surface area contributed by atoms with Gasteiger partial charge in [0.25, 0.3) is 0 Å². The van der Waals surface area contributed by atoms with Gasteiger partial charge in [-0.2, -0.15) is 11.8 Å². The van der Waals surface area contributed by atoms with Gasteiger partial charge in [0.15, 0.2) is 0 Å². The molecule has 1 saturated heterocycles. The molecule has 0 radical (unpaired) electrons. The molecule has 0 bridgehead atoms. The number of amides is 2. The summed E-state index contributed by atoms with van der Waals surface area (Å²) in [6, 6.07) is 14.8. The Labute approximate surface area is 202 Å². The minimum absolute atomic E-state index is 0.0693. The molecular weight excluding hydrogens is 456 g/mol. The van der Waals surface area contributed by atoms with E-state index in [0.717, 1.165) is 33.8 Å². The minimum Gasteiger partial charge on any atom is -0.480 e. The monoisotopic (exact) mass is 484 g/mol. The number of aliphatic hydroxyl groups excluding tert-OH is 1. The van der Waals surface area contributed by atoms with Crippen LogP contribution in [0.15, 0.2) is 48.5 Å². The zero-order chi connectivity index (χ0) is 24.1. The van der Waals surface area contributed by atoms with Gasteiger partial charge in [-0.15, -0.1) is 0 Å². The molecule has 4 rings (SSSR count). The third kappa shape index (κ3) is 5.20. The van der Waals surface area contributed by atoms with Crippen molar-refractivity contribution in [3.05, 3.63) is 59.7 Å². The number of thioether (sulfide) groups is 1. The Balaban J connectivity index is 1.42. The molecule has 2 amide bonds. The topological polar surface area (TPSA) is 125 Å². The number of carboxylic acid groups (broad SMARTS) is 1. The summed E-state index contributed by atoms with van der Waals surface area (Å²) in [5, 5.41) is 23.5. The van der Waals surface area contributed by atoms with Crippen LogP contribution >= 0.6 is 11.8 Å². The maximum Gasteiger partial charge on any atom is 0.407 e. The number of nitrogens with one attached hydrogen (secondary N) is 2. The number of alkyl carbamates (subject to hydrolysis) is 1. The quantitative estimate of drug-likeness (QED) is 0.454. The number of aliphatic hydroxyl groups is 1. The van der Waals surface area contributed by atoms with Gasteiger partial charge >= 0.3 is 12.1 Å². The second-order valence-corrected chi connectivity index (χ2v) is 9.89. The fraction of sp³-hybridized carbons (Fsp3) is 0.400. The van der Waals surface area contributed by atoms with Crippen molar-refractivity contribution in [1.29, 1.82) is 0 Å². The lowest BCUT2D eigenvalue weighted by Gasteiger charge is -2.37. The molecular formula is C25H28N2O6S. The van der Waals surface area contributed by atoms with Crippen molar-refractivity contribution in [1.82, 2.24) is 10.6 Å². The third-order valence-corrected chi connectivity index (χ3v) is 7.46. The zero-order valence-corrected chi connectivity index (χ0v) is 19.5. The molecule has 1 fully saturated rings. The van der Waals surface area contributed by atoms with Crippen molar-refractivity contribution in [2.75, 3.05) is 24.7 Å².